The first kappa shape index (κ1) is 31.9. The van der Waals surface area contributed by atoms with E-state index in [1.54, 1.807) is 48.5 Å². The van der Waals surface area contributed by atoms with Crippen molar-refractivity contribution in [3.63, 3.8) is 0 Å². The highest BCUT2D eigenvalue weighted by Crippen LogP contribution is 2.32. The number of halogens is 3. The summed E-state index contributed by atoms with van der Waals surface area (Å²) < 4.78 is 73.3. The molecule has 1 heterocycles. The van der Waals surface area contributed by atoms with Gasteiger partial charge in [-0.25, -0.2) is 13.2 Å². The van der Waals surface area contributed by atoms with Gasteiger partial charge in [0.05, 0.1) is 10.5 Å². The largest absolute Gasteiger partial charge is 0.459 e. The number of carbonyl (C=O) groups is 3. The Morgan fingerprint density at radius 2 is 1.65 bits per heavy atom. The highest BCUT2D eigenvalue weighted by molar-refractivity contribution is 7.89. The maximum Gasteiger partial charge on any atom is 0.416 e. The van der Waals surface area contributed by atoms with Gasteiger partial charge in [0.25, 0.3) is 0 Å². The summed E-state index contributed by atoms with van der Waals surface area (Å²) in [7, 11) is -4.49. The average Bonchev–Trinajstić information content (AvgIpc) is 3.00. The van der Waals surface area contributed by atoms with Crippen molar-refractivity contribution in [2.24, 2.45) is 0 Å². The first-order chi connectivity index (χ1) is 20.4. The Morgan fingerprint density at radius 3 is 2.30 bits per heavy atom. The number of carbonyl (C=O) groups excluding carboxylic acids is 3. The molecule has 2 unspecified atom stereocenters. The summed E-state index contributed by atoms with van der Waals surface area (Å²) in [6.07, 6.45) is -3.73. The molecule has 0 aromatic heterocycles. The number of ether oxygens (including phenoxy) is 1. The van der Waals surface area contributed by atoms with Crippen molar-refractivity contribution in [2.75, 3.05) is 6.54 Å². The van der Waals surface area contributed by atoms with E-state index < -0.39 is 50.6 Å². The van der Waals surface area contributed by atoms with Crippen LogP contribution in [0.15, 0.2) is 83.8 Å². The normalized spacial score (nSPS) is 16.7. The number of benzene rings is 3. The van der Waals surface area contributed by atoms with Gasteiger partial charge in [0.2, 0.25) is 15.9 Å². The minimum absolute atomic E-state index is 0.00928. The van der Waals surface area contributed by atoms with Crippen LogP contribution < -0.4 is 5.32 Å². The molecule has 1 saturated heterocycles. The molecule has 0 radical (unpaired) electrons. The molecule has 1 amide bonds. The molecule has 1 aliphatic heterocycles. The summed E-state index contributed by atoms with van der Waals surface area (Å²) in [6, 6.07) is 16.3. The number of alkyl halides is 3. The molecule has 8 nitrogen and oxygen atoms in total. The lowest BCUT2D eigenvalue weighted by atomic mass is 10.0. The summed E-state index contributed by atoms with van der Waals surface area (Å²) in [4.78, 5) is 37.9. The second kappa shape index (κ2) is 13.5. The third-order valence-corrected chi connectivity index (χ3v) is 9.05. The zero-order valence-electron chi connectivity index (χ0n) is 23.3. The van der Waals surface area contributed by atoms with Crippen molar-refractivity contribution in [1.82, 2.24) is 9.62 Å². The first-order valence-corrected chi connectivity index (χ1v) is 15.1. The van der Waals surface area contributed by atoms with Crippen LogP contribution in [-0.2, 0) is 43.6 Å². The molecule has 1 aliphatic rings. The number of piperidine rings is 1. The predicted octanol–water partition coefficient (Wildman–Crippen LogP) is 4.92. The van der Waals surface area contributed by atoms with Gasteiger partial charge in [-0.1, -0.05) is 67.1 Å². The number of hydrogen-bond acceptors (Lipinski definition) is 6. The number of Topliss-reactive ketones (excluding diaryl/α,β-unsaturated/α-hetero) is 1. The molecule has 1 N–H and O–H groups in total. The minimum Gasteiger partial charge on any atom is -0.459 e. The summed E-state index contributed by atoms with van der Waals surface area (Å²) in [5.74, 6) is -1.66. The van der Waals surface area contributed by atoms with Crippen molar-refractivity contribution >= 4 is 27.7 Å². The smallest absolute Gasteiger partial charge is 0.416 e. The Labute approximate surface area is 247 Å². The molecule has 228 valence electrons. The number of hydrogen-bond donors (Lipinski definition) is 1. The SMILES string of the molecule is CC(=O)c1ccc(CC(NC(=O)C2CCCCN2S(=O)(=O)c2cccc(C(F)(F)F)c2)C(=O)OCc2ccccc2)cc1. The van der Waals surface area contributed by atoms with E-state index in [9.17, 15) is 36.0 Å². The average molecular weight is 617 g/mol. The Kier molecular flexibility index (Phi) is 10.0. The first-order valence-electron chi connectivity index (χ1n) is 13.7. The third-order valence-electron chi connectivity index (χ3n) is 7.15. The van der Waals surface area contributed by atoms with Crippen LogP contribution in [0.25, 0.3) is 0 Å². The fraction of sp³-hybridized carbons (Fsp3) is 0.323. The van der Waals surface area contributed by atoms with Crippen molar-refractivity contribution < 1.29 is 40.7 Å². The fourth-order valence-electron chi connectivity index (χ4n) is 4.82. The number of amides is 1. The molecule has 2 atom stereocenters. The van der Waals surface area contributed by atoms with Gasteiger partial charge in [-0.15, -0.1) is 0 Å². The summed E-state index contributed by atoms with van der Waals surface area (Å²) in [6.45, 7) is 1.28. The fourth-order valence-corrected chi connectivity index (χ4v) is 6.53. The lowest BCUT2D eigenvalue weighted by Crippen LogP contribution is -2.55. The summed E-state index contributed by atoms with van der Waals surface area (Å²) >= 11 is 0. The second-order valence-corrected chi connectivity index (χ2v) is 12.2. The third kappa shape index (κ3) is 8.08. The maximum atomic E-state index is 13.6. The lowest BCUT2D eigenvalue weighted by Gasteiger charge is -2.34. The van der Waals surface area contributed by atoms with Gasteiger partial charge in [-0.2, -0.15) is 17.5 Å². The molecule has 4 rings (SSSR count). The van der Waals surface area contributed by atoms with Gasteiger partial charge in [0, 0.05) is 18.5 Å². The molecule has 3 aromatic rings. The number of ketones is 1. The highest BCUT2D eigenvalue weighted by atomic mass is 32.2. The summed E-state index contributed by atoms with van der Waals surface area (Å²) in [5, 5.41) is 2.63. The zero-order valence-corrected chi connectivity index (χ0v) is 24.2. The lowest BCUT2D eigenvalue weighted by molar-refractivity contribution is -0.149. The van der Waals surface area contributed by atoms with Crippen molar-refractivity contribution in [2.45, 2.75) is 62.4 Å². The van der Waals surface area contributed by atoms with Crippen LogP contribution in [0.1, 0.15) is 53.2 Å². The number of sulfonamides is 1. The Bertz CT molecular complexity index is 1560. The van der Waals surface area contributed by atoms with E-state index in [0.717, 1.165) is 28.1 Å². The molecule has 3 aromatic carbocycles. The monoisotopic (exact) mass is 616 g/mol. The van der Waals surface area contributed by atoms with Gasteiger partial charge < -0.3 is 10.1 Å². The van der Waals surface area contributed by atoms with Gasteiger partial charge in [0.1, 0.15) is 18.7 Å². The predicted molar refractivity (Wildman–Crippen MR) is 151 cm³/mol. The van der Waals surface area contributed by atoms with Crippen LogP contribution in [0.5, 0.6) is 0 Å². The molecule has 0 saturated carbocycles. The second-order valence-electron chi connectivity index (χ2n) is 10.3. The quantitative estimate of drug-likeness (QED) is 0.256. The Morgan fingerprint density at radius 1 is 0.953 bits per heavy atom. The van der Waals surface area contributed by atoms with Gasteiger partial charge in [-0.3, -0.25) is 9.59 Å². The van der Waals surface area contributed by atoms with Crippen molar-refractivity contribution in [3.05, 3.63) is 101 Å². The Balaban J connectivity index is 1.57. The van der Waals surface area contributed by atoms with Crippen LogP contribution in [-0.4, -0.2) is 49.0 Å². The van der Waals surface area contributed by atoms with E-state index >= 15 is 0 Å². The molecule has 0 aliphatic carbocycles. The van der Waals surface area contributed by atoms with Gasteiger partial charge in [-0.05, 0) is 49.1 Å². The number of nitrogens with zero attached hydrogens (tertiary/aromatic N) is 1. The van der Waals surface area contributed by atoms with E-state index in [-0.39, 0.29) is 31.8 Å². The molecule has 12 heteroatoms. The van der Waals surface area contributed by atoms with Crippen LogP contribution >= 0.6 is 0 Å². The van der Waals surface area contributed by atoms with Crippen molar-refractivity contribution in [1.29, 1.82) is 0 Å². The molecular formula is C31H31F3N2O6S. The van der Waals surface area contributed by atoms with E-state index in [4.69, 9.17) is 4.74 Å². The van der Waals surface area contributed by atoms with Crippen LogP contribution in [0.2, 0.25) is 0 Å². The zero-order chi connectivity index (χ0) is 31.2. The topological polar surface area (TPSA) is 110 Å². The number of nitrogens with one attached hydrogen (secondary N) is 1. The van der Waals surface area contributed by atoms with Crippen LogP contribution in [0.3, 0.4) is 0 Å². The molecule has 1 fully saturated rings. The van der Waals surface area contributed by atoms with Gasteiger partial charge in [0.15, 0.2) is 5.78 Å². The van der Waals surface area contributed by atoms with E-state index in [0.29, 0.717) is 30.0 Å². The number of esters is 1. The van der Waals surface area contributed by atoms with Gasteiger partial charge >= 0.3 is 12.1 Å². The molecule has 0 bridgehead atoms. The maximum absolute atomic E-state index is 13.6. The van der Waals surface area contributed by atoms with Crippen LogP contribution in [0.4, 0.5) is 13.2 Å². The van der Waals surface area contributed by atoms with Crippen LogP contribution in [0, 0.1) is 0 Å². The minimum atomic E-state index is -4.75. The van der Waals surface area contributed by atoms with Crippen molar-refractivity contribution in [3.8, 4) is 0 Å². The molecule has 43 heavy (non-hydrogen) atoms. The highest BCUT2D eigenvalue weighted by Gasteiger charge is 2.40. The van der Waals surface area contributed by atoms with E-state index in [2.05, 4.69) is 5.32 Å². The standard InChI is InChI=1S/C31H31F3N2O6S/c1-21(37)24-15-13-22(14-16-24)18-27(30(39)42-20-23-8-3-2-4-9-23)35-29(38)28-12-5-6-17-36(28)43(40,41)26-11-7-10-25(19-26)31(32,33)34/h2-4,7-11,13-16,19,27-28H,5-6,12,17-18,20H2,1H3,(H,35,38). The Hall–Kier alpha value is -4.03. The van der Waals surface area contributed by atoms with E-state index in [1.165, 1.54) is 6.92 Å². The molecule has 0 spiro atoms. The van der Waals surface area contributed by atoms with E-state index in [1.807, 2.05) is 6.07 Å². The summed E-state index contributed by atoms with van der Waals surface area (Å²) in [5.41, 5.74) is 0.679. The number of rotatable bonds is 10. The molecular weight excluding hydrogens is 585 g/mol.